The Morgan fingerprint density at radius 3 is 2.48 bits per heavy atom. The summed E-state index contributed by atoms with van der Waals surface area (Å²) in [5.41, 5.74) is 1.63. The van der Waals surface area contributed by atoms with Crippen molar-refractivity contribution in [2.75, 3.05) is 5.75 Å². The van der Waals surface area contributed by atoms with E-state index in [0.29, 0.717) is 23.9 Å². The van der Waals surface area contributed by atoms with Crippen molar-refractivity contribution in [1.82, 2.24) is 10.3 Å². The van der Waals surface area contributed by atoms with Crippen molar-refractivity contribution in [3.8, 4) is 11.5 Å². The second-order valence-corrected chi connectivity index (χ2v) is 5.94. The van der Waals surface area contributed by atoms with Gasteiger partial charge >= 0.3 is 0 Å². The van der Waals surface area contributed by atoms with Crippen LogP contribution in [0.25, 0.3) is 11.5 Å². The number of carbonyl (C=O) groups excluding carboxylic acids is 1. The van der Waals surface area contributed by atoms with Crippen LogP contribution < -0.4 is 5.32 Å². The van der Waals surface area contributed by atoms with Gasteiger partial charge in [0, 0.05) is 10.5 Å². The minimum absolute atomic E-state index is 0.0249. The van der Waals surface area contributed by atoms with E-state index in [0.717, 1.165) is 10.5 Å². The van der Waals surface area contributed by atoms with E-state index in [1.807, 2.05) is 60.7 Å². The van der Waals surface area contributed by atoms with Crippen LogP contribution in [-0.2, 0) is 11.3 Å². The fourth-order valence-electron chi connectivity index (χ4n) is 2.01. The van der Waals surface area contributed by atoms with Crippen LogP contribution in [-0.4, -0.2) is 16.6 Å². The van der Waals surface area contributed by atoms with Gasteiger partial charge in [-0.15, -0.1) is 11.8 Å². The van der Waals surface area contributed by atoms with E-state index in [4.69, 9.17) is 4.42 Å². The molecule has 0 unspecified atom stereocenters. The van der Waals surface area contributed by atoms with Crippen molar-refractivity contribution in [2.45, 2.75) is 11.4 Å². The average molecular weight is 324 g/mol. The summed E-state index contributed by atoms with van der Waals surface area (Å²) in [6.07, 6.45) is 1.58. The van der Waals surface area contributed by atoms with Crippen LogP contribution >= 0.6 is 11.8 Å². The number of amides is 1. The normalized spacial score (nSPS) is 10.4. The van der Waals surface area contributed by atoms with Crippen LogP contribution in [0.4, 0.5) is 0 Å². The summed E-state index contributed by atoms with van der Waals surface area (Å²) in [6.45, 7) is 0.366. The molecule has 116 valence electrons. The summed E-state index contributed by atoms with van der Waals surface area (Å²) >= 11 is 1.51. The number of thioether (sulfide) groups is 1. The molecule has 1 heterocycles. The molecule has 4 nitrogen and oxygen atoms in total. The third-order valence-electron chi connectivity index (χ3n) is 3.15. The van der Waals surface area contributed by atoms with Crippen LogP contribution in [0.1, 0.15) is 5.69 Å². The summed E-state index contributed by atoms with van der Waals surface area (Å²) < 4.78 is 5.44. The number of carbonyl (C=O) groups is 1. The highest BCUT2D eigenvalue weighted by atomic mass is 32.2. The second kappa shape index (κ2) is 7.65. The number of oxazole rings is 1. The van der Waals surface area contributed by atoms with Crippen LogP contribution in [0.15, 0.2) is 76.2 Å². The third-order valence-corrected chi connectivity index (χ3v) is 4.16. The molecule has 1 N–H and O–H groups in total. The van der Waals surface area contributed by atoms with E-state index in [-0.39, 0.29) is 5.91 Å². The quantitative estimate of drug-likeness (QED) is 0.702. The van der Waals surface area contributed by atoms with Gasteiger partial charge in [0.25, 0.3) is 0 Å². The van der Waals surface area contributed by atoms with Gasteiger partial charge in [0.05, 0.1) is 18.0 Å². The summed E-state index contributed by atoms with van der Waals surface area (Å²) in [5.74, 6) is 0.921. The summed E-state index contributed by atoms with van der Waals surface area (Å²) in [4.78, 5) is 17.3. The summed E-state index contributed by atoms with van der Waals surface area (Å²) in [5, 5.41) is 2.85. The third kappa shape index (κ3) is 4.47. The van der Waals surface area contributed by atoms with Gasteiger partial charge in [-0.2, -0.15) is 0 Å². The average Bonchev–Trinajstić information content (AvgIpc) is 3.09. The molecule has 0 aliphatic rings. The minimum atomic E-state index is -0.0249. The van der Waals surface area contributed by atoms with E-state index < -0.39 is 0 Å². The number of hydrogen-bond acceptors (Lipinski definition) is 4. The van der Waals surface area contributed by atoms with Crippen molar-refractivity contribution in [3.63, 3.8) is 0 Å². The molecule has 3 rings (SSSR count). The maximum absolute atomic E-state index is 11.9. The molecule has 1 aromatic heterocycles. The first-order chi connectivity index (χ1) is 11.3. The SMILES string of the molecule is O=C(CSc1ccccc1)NCc1coc(-c2ccccc2)n1. The zero-order chi connectivity index (χ0) is 15.9. The maximum Gasteiger partial charge on any atom is 0.230 e. The van der Waals surface area contributed by atoms with Gasteiger partial charge in [0.15, 0.2) is 0 Å². The fourth-order valence-corrected chi connectivity index (χ4v) is 2.76. The molecule has 0 bridgehead atoms. The van der Waals surface area contributed by atoms with Gasteiger partial charge in [-0.25, -0.2) is 4.98 Å². The Hall–Kier alpha value is -2.53. The molecule has 0 atom stereocenters. The van der Waals surface area contributed by atoms with Crippen molar-refractivity contribution in [1.29, 1.82) is 0 Å². The molecular formula is C18H16N2O2S. The number of nitrogens with zero attached hydrogens (tertiary/aromatic N) is 1. The second-order valence-electron chi connectivity index (χ2n) is 4.89. The molecule has 0 radical (unpaired) electrons. The lowest BCUT2D eigenvalue weighted by Crippen LogP contribution is -2.24. The highest BCUT2D eigenvalue weighted by Gasteiger charge is 2.08. The first-order valence-corrected chi connectivity index (χ1v) is 8.24. The summed E-state index contributed by atoms with van der Waals surface area (Å²) in [7, 11) is 0. The minimum Gasteiger partial charge on any atom is -0.444 e. The Bertz CT molecular complexity index is 757. The number of aromatic nitrogens is 1. The Morgan fingerprint density at radius 2 is 1.74 bits per heavy atom. The van der Waals surface area contributed by atoms with E-state index in [1.54, 1.807) is 6.26 Å². The highest BCUT2D eigenvalue weighted by Crippen LogP contribution is 2.18. The Kier molecular flexibility index (Phi) is 5.11. The Morgan fingerprint density at radius 1 is 1.04 bits per heavy atom. The van der Waals surface area contributed by atoms with E-state index in [9.17, 15) is 4.79 Å². The first-order valence-electron chi connectivity index (χ1n) is 7.25. The van der Waals surface area contributed by atoms with Crippen LogP contribution in [0.5, 0.6) is 0 Å². The smallest absolute Gasteiger partial charge is 0.230 e. The Balaban J connectivity index is 1.49. The monoisotopic (exact) mass is 324 g/mol. The molecule has 2 aromatic carbocycles. The molecule has 3 aromatic rings. The largest absolute Gasteiger partial charge is 0.444 e. The zero-order valence-corrected chi connectivity index (χ0v) is 13.3. The van der Waals surface area contributed by atoms with Crippen molar-refractivity contribution >= 4 is 17.7 Å². The zero-order valence-electron chi connectivity index (χ0n) is 12.4. The van der Waals surface area contributed by atoms with E-state index in [2.05, 4.69) is 10.3 Å². The maximum atomic E-state index is 11.9. The van der Waals surface area contributed by atoms with Crippen molar-refractivity contribution in [2.24, 2.45) is 0 Å². The van der Waals surface area contributed by atoms with E-state index in [1.165, 1.54) is 11.8 Å². The number of nitrogens with one attached hydrogen (secondary N) is 1. The molecule has 5 heteroatoms. The molecule has 0 aliphatic heterocycles. The first kappa shape index (κ1) is 15.4. The van der Waals surface area contributed by atoms with E-state index >= 15 is 0 Å². The van der Waals surface area contributed by atoms with Gasteiger partial charge in [-0.1, -0.05) is 36.4 Å². The molecule has 23 heavy (non-hydrogen) atoms. The molecule has 0 saturated carbocycles. The van der Waals surface area contributed by atoms with Crippen LogP contribution in [0.2, 0.25) is 0 Å². The molecule has 0 spiro atoms. The molecule has 0 aliphatic carbocycles. The molecule has 1 amide bonds. The van der Waals surface area contributed by atoms with Gasteiger partial charge < -0.3 is 9.73 Å². The number of rotatable bonds is 6. The highest BCUT2D eigenvalue weighted by molar-refractivity contribution is 8.00. The van der Waals surface area contributed by atoms with Crippen LogP contribution in [0, 0.1) is 0 Å². The fraction of sp³-hybridized carbons (Fsp3) is 0.111. The lowest BCUT2D eigenvalue weighted by Gasteiger charge is -2.03. The molecular weight excluding hydrogens is 308 g/mol. The predicted molar refractivity (Wildman–Crippen MR) is 91.0 cm³/mol. The topological polar surface area (TPSA) is 55.1 Å². The van der Waals surface area contributed by atoms with Gasteiger partial charge in [-0.3, -0.25) is 4.79 Å². The molecule has 0 fully saturated rings. The van der Waals surface area contributed by atoms with Gasteiger partial charge in [0.2, 0.25) is 11.8 Å². The van der Waals surface area contributed by atoms with Crippen molar-refractivity contribution < 1.29 is 9.21 Å². The number of hydrogen-bond donors (Lipinski definition) is 1. The lowest BCUT2D eigenvalue weighted by molar-refractivity contribution is -0.118. The van der Waals surface area contributed by atoms with Gasteiger partial charge in [-0.05, 0) is 24.3 Å². The Labute approximate surface area is 138 Å². The van der Waals surface area contributed by atoms with Gasteiger partial charge in [0.1, 0.15) is 6.26 Å². The molecule has 0 saturated heterocycles. The number of benzene rings is 2. The lowest BCUT2D eigenvalue weighted by atomic mass is 10.2. The van der Waals surface area contributed by atoms with Crippen LogP contribution in [0.3, 0.4) is 0 Å². The van der Waals surface area contributed by atoms with Crippen molar-refractivity contribution in [3.05, 3.63) is 72.6 Å². The predicted octanol–water partition coefficient (Wildman–Crippen LogP) is 3.75. The summed E-state index contributed by atoms with van der Waals surface area (Å²) in [6, 6.07) is 19.5. The standard InChI is InChI=1S/C18H16N2O2S/c21-17(13-23-16-9-5-2-6-10-16)19-11-15-12-22-18(20-15)14-7-3-1-4-8-14/h1-10,12H,11,13H2,(H,19,21).